The second kappa shape index (κ2) is 11.1. The molecule has 0 atom stereocenters. The highest BCUT2D eigenvalue weighted by molar-refractivity contribution is 6.15. The molecule has 7 nitrogen and oxygen atoms in total. The molecule has 0 radical (unpaired) electrons. The number of hydrogen-bond donors (Lipinski definition) is 1. The van der Waals surface area contributed by atoms with Crippen LogP contribution in [0.15, 0.2) is 47.1 Å². The lowest BCUT2D eigenvalue weighted by molar-refractivity contribution is 0.103. The molecule has 34 heavy (non-hydrogen) atoms. The molecule has 0 saturated carbocycles. The Morgan fingerprint density at radius 3 is 2.53 bits per heavy atom. The Morgan fingerprint density at radius 2 is 1.82 bits per heavy atom. The van der Waals surface area contributed by atoms with E-state index >= 15 is 0 Å². The molecule has 0 spiro atoms. The van der Waals surface area contributed by atoms with E-state index in [0.717, 1.165) is 19.6 Å². The minimum Gasteiger partial charge on any atom is -0.508 e. The molecule has 1 aliphatic heterocycles. The normalized spacial score (nSPS) is 14.9. The van der Waals surface area contributed by atoms with Crippen LogP contribution >= 0.6 is 0 Å². The largest absolute Gasteiger partial charge is 0.508 e. The van der Waals surface area contributed by atoms with Crippen LogP contribution in [-0.2, 0) is 0 Å². The number of phenolic OH excluding ortho intramolecular Hbond substituents is 1. The summed E-state index contributed by atoms with van der Waals surface area (Å²) < 4.78 is 23.2. The first-order chi connectivity index (χ1) is 16.6. The average molecular weight is 466 g/mol. The lowest BCUT2D eigenvalue weighted by Gasteiger charge is -2.22. The van der Waals surface area contributed by atoms with Gasteiger partial charge in [0.25, 0.3) is 0 Å². The van der Waals surface area contributed by atoms with Gasteiger partial charge in [-0.25, -0.2) is 0 Å². The minimum atomic E-state index is -0.300. The molecular weight excluding hydrogens is 434 g/mol. The van der Waals surface area contributed by atoms with E-state index in [1.165, 1.54) is 52.2 Å². The monoisotopic (exact) mass is 465 g/mol. The summed E-state index contributed by atoms with van der Waals surface area (Å²) in [5.41, 5.74) is 1.45. The van der Waals surface area contributed by atoms with Gasteiger partial charge in [0.1, 0.15) is 23.7 Å². The number of ether oxygens (including phenoxy) is 3. The van der Waals surface area contributed by atoms with Gasteiger partial charge in [-0.2, -0.15) is 0 Å². The molecule has 180 valence electrons. The van der Waals surface area contributed by atoms with Crippen LogP contribution in [0.5, 0.6) is 23.0 Å². The third-order valence-electron chi connectivity index (χ3n) is 6.08. The summed E-state index contributed by atoms with van der Waals surface area (Å²) in [6, 6.07) is 8.43. The van der Waals surface area contributed by atoms with Gasteiger partial charge in [-0.3, -0.25) is 9.69 Å². The molecule has 1 aliphatic rings. The van der Waals surface area contributed by atoms with Crippen LogP contribution in [0.1, 0.15) is 41.6 Å². The molecular formula is C27H31NO6. The number of rotatable bonds is 9. The van der Waals surface area contributed by atoms with Gasteiger partial charge in [-0.05, 0) is 55.8 Å². The molecule has 2 aromatic carbocycles. The highest BCUT2D eigenvalue weighted by Crippen LogP contribution is 2.46. The molecule has 0 bridgehead atoms. The predicted molar refractivity (Wildman–Crippen MR) is 131 cm³/mol. The van der Waals surface area contributed by atoms with Gasteiger partial charge in [0.05, 0.1) is 25.9 Å². The number of allylic oxidation sites excluding steroid dienone is 1. The number of phenols is 1. The van der Waals surface area contributed by atoms with E-state index < -0.39 is 0 Å². The maximum atomic E-state index is 13.4. The van der Waals surface area contributed by atoms with Crippen molar-refractivity contribution < 1.29 is 28.5 Å². The van der Waals surface area contributed by atoms with Crippen LogP contribution in [0, 0.1) is 0 Å². The first-order valence-electron chi connectivity index (χ1n) is 11.6. The fraction of sp³-hybridized carbons (Fsp3) is 0.370. The number of likely N-dealkylation sites (tertiary alicyclic amines) is 1. The summed E-state index contributed by atoms with van der Waals surface area (Å²) in [5, 5.41) is 10.3. The third-order valence-corrected chi connectivity index (χ3v) is 6.08. The molecule has 1 saturated heterocycles. The summed E-state index contributed by atoms with van der Waals surface area (Å²) in [5.74, 6) is 0.880. The molecule has 7 heteroatoms. The Balaban J connectivity index is 1.68. The maximum absolute atomic E-state index is 13.4. The zero-order valence-electron chi connectivity index (χ0n) is 19.7. The molecule has 1 aromatic heterocycles. The van der Waals surface area contributed by atoms with Crippen molar-refractivity contribution in [3.63, 3.8) is 0 Å². The van der Waals surface area contributed by atoms with Crippen LogP contribution in [0.4, 0.5) is 0 Å². The standard InChI is InChI=1S/C27H31NO6/c1-31-24-21-12-16-33-25(21)27(32-2)26(34-17-15-28-13-5-3-4-6-14-28)23(24)22(30)11-10-19-8-7-9-20(29)18-19/h7-12,16,18,29H,3-6,13-15,17H2,1-2H3/b11-10+. The fourth-order valence-corrected chi connectivity index (χ4v) is 4.40. The summed E-state index contributed by atoms with van der Waals surface area (Å²) in [6.45, 7) is 3.27. The quantitative estimate of drug-likeness (QED) is 0.339. The van der Waals surface area contributed by atoms with E-state index in [9.17, 15) is 9.90 Å². The van der Waals surface area contributed by atoms with Crippen LogP contribution in [0.2, 0.25) is 0 Å². The smallest absolute Gasteiger partial charge is 0.205 e. The summed E-state index contributed by atoms with van der Waals surface area (Å²) >= 11 is 0. The first-order valence-corrected chi connectivity index (χ1v) is 11.6. The Labute approximate surface area is 199 Å². The van der Waals surface area contributed by atoms with Gasteiger partial charge in [0.2, 0.25) is 5.75 Å². The number of methoxy groups -OCH3 is 2. The number of ketones is 1. The van der Waals surface area contributed by atoms with E-state index in [0.29, 0.717) is 40.4 Å². The highest BCUT2D eigenvalue weighted by Gasteiger charge is 2.28. The van der Waals surface area contributed by atoms with E-state index in [-0.39, 0.29) is 17.1 Å². The first kappa shape index (κ1) is 23.7. The second-order valence-electron chi connectivity index (χ2n) is 8.33. The van der Waals surface area contributed by atoms with E-state index in [1.54, 1.807) is 36.4 Å². The summed E-state index contributed by atoms with van der Waals surface area (Å²) in [4.78, 5) is 15.8. The van der Waals surface area contributed by atoms with Crippen molar-refractivity contribution in [1.29, 1.82) is 0 Å². The molecule has 2 heterocycles. The van der Waals surface area contributed by atoms with Gasteiger partial charge < -0.3 is 23.7 Å². The van der Waals surface area contributed by atoms with E-state index in [4.69, 9.17) is 18.6 Å². The maximum Gasteiger partial charge on any atom is 0.205 e. The fourth-order valence-electron chi connectivity index (χ4n) is 4.40. The van der Waals surface area contributed by atoms with Crippen molar-refractivity contribution in [2.24, 2.45) is 0 Å². The molecule has 4 rings (SSSR count). The second-order valence-corrected chi connectivity index (χ2v) is 8.33. The van der Waals surface area contributed by atoms with Gasteiger partial charge in [0.15, 0.2) is 17.1 Å². The van der Waals surface area contributed by atoms with Crippen LogP contribution < -0.4 is 14.2 Å². The number of fused-ring (bicyclic) bond motifs is 1. The number of carbonyl (C=O) groups excluding carboxylic acids is 1. The molecule has 0 aliphatic carbocycles. The number of aromatic hydroxyl groups is 1. The Morgan fingerprint density at radius 1 is 1.06 bits per heavy atom. The minimum absolute atomic E-state index is 0.131. The molecule has 1 N–H and O–H groups in total. The average Bonchev–Trinajstić information content (AvgIpc) is 3.18. The van der Waals surface area contributed by atoms with Crippen LogP contribution in [0.25, 0.3) is 17.0 Å². The lowest BCUT2D eigenvalue weighted by atomic mass is 10.0. The van der Waals surface area contributed by atoms with Crippen molar-refractivity contribution >= 4 is 22.8 Å². The van der Waals surface area contributed by atoms with Crippen molar-refractivity contribution in [1.82, 2.24) is 4.90 Å². The topological polar surface area (TPSA) is 81.4 Å². The van der Waals surface area contributed by atoms with Crippen LogP contribution in [0.3, 0.4) is 0 Å². The number of benzene rings is 2. The number of nitrogens with zero attached hydrogens (tertiary/aromatic N) is 1. The van der Waals surface area contributed by atoms with Crippen molar-refractivity contribution in [2.45, 2.75) is 25.7 Å². The van der Waals surface area contributed by atoms with Gasteiger partial charge in [0, 0.05) is 6.54 Å². The van der Waals surface area contributed by atoms with Gasteiger partial charge in [-0.1, -0.05) is 31.1 Å². The molecule has 1 fully saturated rings. The number of furan rings is 1. The summed E-state index contributed by atoms with van der Waals surface area (Å²) in [7, 11) is 3.05. The van der Waals surface area contributed by atoms with E-state index in [2.05, 4.69) is 4.90 Å². The highest BCUT2D eigenvalue weighted by atomic mass is 16.5. The SMILES string of the molecule is COc1c(C(=O)/C=C/c2cccc(O)c2)c(OCCN2CCCCCC2)c(OC)c2occc12. The molecule has 3 aromatic rings. The van der Waals surface area contributed by atoms with Crippen molar-refractivity contribution in [2.75, 3.05) is 40.5 Å². The lowest BCUT2D eigenvalue weighted by Crippen LogP contribution is -2.29. The van der Waals surface area contributed by atoms with Crippen molar-refractivity contribution in [3.05, 3.63) is 53.8 Å². The Kier molecular flexibility index (Phi) is 7.75. The molecule has 0 unspecified atom stereocenters. The Bertz CT molecular complexity index is 1160. The number of carbonyl (C=O) groups is 1. The van der Waals surface area contributed by atoms with Gasteiger partial charge >= 0.3 is 0 Å². The summed E-state index contributed by atoms with van der Waals surface area (Å²) in [6.07, 6.45) is 9.54. The van der Waals surface area contributed by atoms with E-state index in [1.807, 2.05) is 0 Å². The zero-order valence-corrected chi connectivity index (χ0v) is 19.7. The third kappa shape index (κ3) is 5.20. The van der Waals surface area contributed by atoms with Crippen LogP contribution in [-0.4, -0.2) is 56.3 Å². The van der Waals surface area contributed by atoms with Gasteiger partial charge in [-0.15, -0.1) is 0 Å². The zero-order chi connectivity index (χ0) is 23.9. The Hall–Kier alpha value is -3.45. The number of hydrogen-bond acceptors (Lipinski definition) is 7. The predicted octanol–water partition coefficient (Wildman–Crippen LogP) is 5.31. The van der Waals surface area contributed by atoms with Crippen molar-refractivity contribution in [3.8, 4) is 23.0 Å². The molecule has 0 amide bonds.